The highest BCUT2D eigenvalue weighted by molar-refractivity contribution is 7.18. The first-order valence-corrected chi connectivity index (χ1v) is 9.40. The van der Waals surface area contributed by atoms with Crippen molar-refractivity contribution in [2.45, 2.75) is 19.9 Å². The highest BCUT2D eigenvalue weighted by atomic mass is 35.5. The third kappa shape index (κ3) is 4.69. The Balaban J connectivity index is 1.63. The van der Waals surface area contributed by atoms with Crippen LogP contribution in [0, 0.1) is 6.92 Å². The molecule has 0 saturated carbocycles. The monoisotopic (exact) mass is 400 g/mol. The number of nitrogens with zero attached hydrogens (tertiary/aromatic N) is 2. The molecule has 0 aliphatic rings. The Morgan fingerprint density at radius 3 is 2.63 bits per heavy atom. The second-order valence-corrected chi connectivity index (χ2v) is 7.33. The maximum atomic E-state index is 12.3. The van der Waals surface area contributed by atoms with Crippen LogP contribution in [0.4, 0.5) is 5.13 Å². The number of carbonyl (C=O) groups excluding carboxylic acids is 2. The van der Waals surface area contributed by atoms with Crippen LogP contribution in [0.3, 0.4) is 0 Å². The van der Waals surface area contributed by atoms with Crippen LogP contribution in [0.5, 0.6) is 0 Å². The number of nitrogens with one attached hydrogen (secondary N) is 2. The van der Waals surface area contributed by atoms with Crippen LogP contribution in [-0.4, -0.2) is 28.1 Å². The highest BCUT2D eigenvalue weighted by Crippen LogP contribution is 2.26. The topological polar surface area (TPSA) is 84.0 Å². The van der Waals surface area contributed by atoms with Crippen molar-refractivity contribution in [3.63, 3.8) is 0 Å². The Labute approximate surface area is 165 Å². The highest BCUT2D eigenvalue weighted by Gasteiger charge is 2.19. The molecule has 0 bridgehead atoms. The molecule has 2 aromatic carbocycles. The summed E-state index contributed by atoms with van der Waals surface area (Å²) in [6, 6.07) is 13.8. The van der Waals surface area contributed by atoms with E-state index >= 15 is 0 Å². The molecule has 138 valence electrons. The number of anilines is 1. The van der Waals surface area contributed by atoms with Crippen molar-refractivity contribution in [3.8, 4) is 10.6 Å². The smallest absolute Gasteiger partial charge is 0.253 e. The van der Waals surface area contributed by atoms with E-state index in [1.807, 2.05) is 31.2 Å². The molecule has 1 heterocycles. The molecule has 2 amide bonds. The molecule has 0 spiro atoms. The maximum Gasteiger partial charge on any atom is 0.253 e. The largest absolute Gasteiger partial charge is 0.340 e. The summed E-state index contributed by atoms with van der Waals surface area (Å²) in [7, 11) is 0. The van der Waals surface area contributed by atoms with Gasteiger partial charge in [-0.3, -0.25) is 14.9 Å². The zero-order valence-corrected chi connectivity index (χ0v) is 16.3. The molecule has 27 heavy (non-hydrogen) atoms. The van der Waals surface area contributed by atoms with Gasteiger partial charge in [0.1, 0.15) is 11.0 Å². The summed E-state index contributed by atoms with van der Waals surface area (Å²) in [6.45, 7) is 3.59. The second kappa shape index (κ2) is 8.28. The van der Waals surface area contributed by atoms with Gasteiger partial charge in [0.05, 0.1) is 10.6 Å². The van der Waals surface area contributed by atoms with Gasteiger partial charge in [-0.05, 0) is 32.0 Å². The summed E-state index contributed by atoms with van der Waals surface area (Å²) in [6.07, 6.45) is 0. The summed E-state index contributed by atoms with van der Waals surface area (Å²) in [5.41, 5.74) is 2.37. The van der Waals surface area contributed by atoms with Gasteiger partial charge in [0, 0.05) is 5.56 Å². The van der Waals surface area contributed by atoms with E-state index in [0.29, 0.717) is 20.7 Å². The van der Waals surface area contributed by atoms with Crippen LogP contribution in [-0.2, 0) is 4.79 Å². The summed E-state index contributed by atoms with van der Waals surface area (Å²) in [5.74, 6) is -0.802. The van der Waals surface area contributed by atoms with Gasteiger partial charge in [-0.2, -0.15) is 0 Å². The van der Waals surface area contributed by atoms with Crippen molar-refractivity contribution in [1.29, 1.82) is 0 Å². The van der Waals surface area contributed by atoms with E-state index in [0.717, 1.165) is 11.1 Å². The Kier molecular flexibility index (Phi) is 5.83. The van der Waals surface area contributed by atoms with E-state index in [1.54, 1.807) is 31.2 Å². The van der Waals surface area contributed by atoms with Crippen molar-refractivity contribution in [1.82, 2.24) is 15.5 Å². The number of halogens is 1. The molecule has 1 unspecified atom stereocenters. The van der Waals surface area contributed by atoms with E-state index in [2.05, 4.69) is 20.8 Å². The van der Waals surface area contributed by atoms with Gasteiger partial charge in [-0.25, -0.2) is 0 Å². The standard InChI is InChI=1S/C19H17ClN4O2S/c1-11-6-5-7-13(10-11)18-23-24-19(27-18)22-16(25)12(2)21-17(26)14-8-3-4-9-15(14)20/h3-10,12H,1-2H3,(H,21,26)(H,22,24,25). The minimum Gasteiger partial charge on any atom is -0.340 e. The van der Waals surface area contributed by atoms with E-state index in [1.165, 1.54) is 11.3 Å². The summed E-state index contributed by atoms with van der Waals surface area (Å²) in [4.78, 5) is 24.6. The van der Waals surface area contributed by atoms with Gasteiger partial charge < -0.3 is 5.32 Å². The number of carbonyl (C=O) groups is 2. The van der Waals surface area contributed by atoms with Gasteiger partial charge in [-0.1, -0.05) is 58.8 Å². The van der Waals surface area contributed by atoms with E-state index in [4.69, 9.17) is 11.6 Å². The van der Waals surface area contributed by atoms with Crippen LogP contribution in [0.25, 0.3) is 10.6 Å². The molecule has 1 aromatic heterocycles. The van der Waals surface area contributed by atoms with Gasteiger partial charge in [0.2, 0.25) is 11.0 Å². The average molecular weight is 401 g/mol. The lowest BCUT2D eigenvalue weighted by Crippen LogP contribution is -2.41. The quantitative estimate of drug-likeness (QED) is 0.679. The predicted molar refractivity (Wildman–Crippen MR) is 107 cm³/mol. The molecule has 1 atom stereocenters. The minimum atomic E-state index is -0.764. The minimum absolute atomic E-state index is 0.316. The van der Waals surface area contributed by atoms with E-state index in [-0.39, 0.29) is 5.91 Å². The van der Waals surface area contributed by atoms with Gasteiger partial charge in [-0.15, -0.1) is 10.2 Å². The Bertz CT molecular complexity index is 989. The lowest BCUT2D eigenvalue weighted by molar-refractivity contribution is -0.117. The molecule has 3 rings (SSSR count). The van der Waals surface area contributed by atoms with Crippen molar-refractivity contribution in [3.05, 3.63) is 64.7 Å². The summed E-state index contributed by atoms with van der Waals surface area (Å²) < 4.78 is 0. The Morgan fingerprint density at radius 1 is 1.11 bits per heavy atom. The van der Waals surface area contributed by atoms with Gasteiger partial charge in [0.25, 0.3) is 5.91 Å². The number of hydrogen-bond donors (Lipinski definition) is 2. The molecule has 0 aliphatic carbocycles. The SMILES string of the molecule is Cc1cccc(-c2nnc(NC(=O)C(C)NC(=O)c3ccccc3Cl)s2)c1. The fourth-order valence-corrected chi connectivity index (χ4v) is 3.33. The number of hydrogen-bond acceptors (Lipinski definition) is 5. The predicted octanol–water partition coefficient (Wildman–Crippen LogP) is 3.92. The molecule has 0 radical (unpaired) electrons. The number of aryl methyl sites for hydroxylation is 1. The van der Waals surface area contributed by atoms with Crippen LogP contribution in [0.1, 0.15) is 22.8 Å². The van der Waals surface area contributed by atoms with Gasteiger partial charge >= 0.3 is 0 Å². The lowest BCUT2D eigenvalue weighted by Gasteiger charge is -2.13. The van der Waals surface area contributed by atoms with Gasteiger partial charge in [0.15, 0.2) is 0 Å². The fraction of sp³-hybridized carbons (Fsp3) is 0.158. The Morgan fingerprint density at radius 2 is 1.89 bits per heavy atom. The molecule has 8 heteroatoms. The van der Waals surface area contributed by atoms with Crippen molar-refractivity contribution in [2.75, 3.05) is 5.32 Å². The number of amides is 2. The zero-order chi connectivity index (χ0) is 19.4. The summed E-state index contributed by atoms with van der Waals surface area (Å²) in [5, 5.41) is 14.8. The summed E-state index contributed by atoms with van der Waals surface area (Å²) >= 11 is 7.28. The average Bonchev–Trinajstić information content (AvgIpc) is 3.10. The first kappa shape index (κ1) is 19.0. The first-order valence-electron chi connectivity index (χ1n) is 8.21. The third-order valence-corrected chi connectivity index (χ3v) is 5.00. The molecule has 3 aromatic rings. The normalized spacial score (nSPS) is 11.7. The van der Waals surface area contributed by atoms with Crippen molar-refractivity contribution in [2.24, 2.45) is 0 Å². The van der Waals surface area contributed by atoms with Crippen LogP contribution >= 0.6 is 22.9 Å². The second-order valence-electron chi connectivity index (χ2n) is 5.95. The molecule has 6 nitrogen and oxygen atoms in total. The Hall–Kier alpha value is -2.77. The molecular formula is C19H17ClN4O2S. The number of aromatic nitrogens is 2. The maximum absolute atomic E-state index is 12.3. The molecule has 0 aliphatic heterocycles. The molecule has 2 N–H and O–H groups in total. The molecule has 0 fully saturated rings. The zero-order valence-electron chi connectivity index (χ0n) is 14.7. The number of rotatable bonds is 5. The first-order chi connectivity index (χ1) is 12.9. The molecular weight excluding hydrogens is 384 g/mol. The van der Waals surface area contributed by atoms with Crippen LogP contribution < -0.4 is 10.6 Å². The lowest BCUT2D eigenvalue weighted by atomic mass is 10.1. The van der Waals surface area contributed by atoms with E-state index < -0.39 is 11.9 Å². The fourth-order valence-electron chi connectivity index (χ4n) is 2.37. The van der Waals surface area contributed by atoms with Crippen LogP contribution in [0.15, 0.2) is 48.5 Å². The molecule has 0 saturated heterocycles. The van der Waals surface area contributed by atoms with Crippen molar-refractivity contribution < 1.29 is 9.59 Å². The van der Waals surface area contributed by atoms with Crippen molar-refractivity contribution >= 4 is 39.9 Å². The number of benzene rings is 2. The van der Waals surface area contributed by atoms with E-state index in [9.17, 15) is 9.59 Å². The van der Waals surface area contributed by atoms with Crippen LogP contribution in [0.2, 0.25) is 5.02 Å². The third-order valence-electron chi connectivity index (χ3n) is 3.78.